The van der Waals surface area contributed by atoms with Crippen LogP contribution in [0.25, 0.3) is 0 Å². The van der Waals surface area contributed by atoms with Gasteiger partial charge in [-0.15, -0.1) is 0 Å². The van der Waals surface area contributed by atoms with Gasteiger partial charge in [-0.05, 0) is 41.9 Å². The number of nitrogens with zero attached hydrogens (tertiary/aromatic N) is 1. The van der Waals surface area contributed by atoms with Crippen molar-refractivity contribution in [1.82, 2.24) is 0 Å². The van der Waals surface area contributed by atoms with Gasteiger partial charge in [-0.1, -0.05) is 47.5 Å². The Hall–Kier alpha value is -1.29. The fourth-order valence-electron chi connectivity index (χ4n) is 2.17. The van der Waals surface area contributed by atoms with E-state index in [0.717, 1.165) is 28.8 Å². The molecule has 1 heterocycles. The minimum atomic E-state index is -0.0796. The van der Waals surface area contributed by atoms with E-state index in [-0.39, 0.29) is 5.12 Å². The molecule has 2 aromatic rings. The molecule has 0 saturated carbocycles. The largest absolute Gasteiger partial charge is 0.281 e. The van der Waals surface area contributed by atoms with Crippen molar-refractivity contribution < 1.29 is 4.79 Å². The molecule has 1 aliphatic rings. The second-order valence-electron chi connectivity index (χ2n) is 4.61. The summed E-state index contributed by atoms with van der Waals surface area (Å²) in [4.78, 5) is 16.8. The van der Waals surface area contributed by atoms with E-state index in [4.69, 9.17) is 23.2 Å². The SMILES string of the molecule is O=C(SC1=NCCc2ccccc21)c1ccc(Cl)c(Cl)c1. The summed E-state index contributed by atoms with van der Waals surface area (Å²) in [5.74, 6) is 0. The Bertz CT molecular complexity index is 743. The Morgan fingerprint density at radius 3 is 2.71 bits per heavy atom. The highest BCUT2D eigenvalue weighted by molar-refractivity contribution is 8.27. The van der Waals surface area contributed by atoms with Gasteiger partial charge < -0.3 is 0 Å². The molecular weight excluding hydrogens is 325 g/mol. The fraction of sp³-hybridized carbons (Fsp3) is 0.125. The third-order valence-electron chi connectivity index (χ3n) is 3.23. The second-order valence-corrected chi connectivity index (χ2v) is 6.39. The minimum Gasteiger partial charge on any atom is -0.281 e. The van der Waals surface area contributed by atoms with Crippen LogP contribution in [0.2, 0.25) is 10.0 Å². The van der Waals surface area contributed by atoms with E-state index in [1.807, 2.05) is 18.2 Å². The third-order valence-corrected chi connectivity index (χ3v) is 4.93. The predicted octanol–water partition coefficient (Wildman–Crippen LogP) is 4.87. The molecule has 2 aromatic carbocycles. The molecule has 2 nitrogen and oxygen atoms in total. The average Bonchev–Trinajstić information content (AvgIpc) is 2.50. The Labute approximate surface area is 137 Å². The molecule has 0 fully saturated rings. The normalized spacial score (nSPS) is 13.5. The molecule has 0 atom stereocenters. The van der Waals surface area contributed by atoms with Gasteiger partial charge in [0.25, 0.3) is 0 Å². The number of rotatable bonds is 1. The summed E-state index contributed by atoms with van der Waals surface area (Å²) in [6.45, 7) is 0.716. The Morgan fingerprint density at radius 1 is 1.10 bits per heavy atom. The summed E-state index contributed by atoms with van der Waals surface area (Å²) < 4.78 is 0. The van der Waals surface area contributed by atoms with Gasteiger partial charge in [0.05, 0.1) is 10.0 Å². The molecule has 106 valence electrons. The van der Waals surface area contributed by atoms with Crippen molar-refractivity contribution >= 4 is 45.1 Å². The lowest BCUT2D eigenvalue weighted by atomic mass is 10.0. The lowest BCUT2D eigenvalue weighted by Crippen LogP contribution is -2.12. The van der Waals surface area contributed by atoms with E-state index in [0.29, 0.717) is 22.2 Å². The van der Waals surface area contributed by atoms with Crippen LogP contribution in [0, 0.1) is 0 Å². The van der Waals surface area contributed by atoms with Crippen molar-refractivity contribution in [2.45, 2.75) is 6.42 Å². The molecule has 0 aromatic heterocycles. The number of hydrogen-bond donors (Lipinski definition) is 0. The quantitative estimate of drug-likeness (QED) is 0.743. The first-order valence-electron chi connectivity index (χ1n) is 6.45. The van der Waals surface area contributed by atoms with Crippen LogP contribution in [0.5, 0.6) is 0 Å². The van der Waals surface area contributed by atoms with Crippen molar-refractivity contribution in [3.63, 3.8) is 0 Å². The molecule has 0 radical (unpaired) electrons. The smallest absolute Gasteiger partial charge is 0.225 e. The van der Waals surface area contributed by atoms with Gasteiger partial charge in [-0.3, -0.25) is 9.79 Å². The van der Waals surface area contributed by atoms with Crippen LogP contribution in [-0.4, -0.2) is 16.7 Å². The molecule has 0 amide bonds. The van der Waals surface area contributed by atoms with Gasteiger partial charge in [-0.2, -0.15) is 0 Å². The molecule has 21 heavy (non-hydrogen) atoms. The van der Waals surface area contributed by atoms with E-state index >= 15 is 0 Å². The topological polar surface area (TPSA) is 29.4 Å². The monoisotopic (exact) mass is 335 g/mol. The molecule has 0 spiro atoms. The van der Waals surface area contributed by atoms with Gasteiger partial charge in [0.1, 0.15) is 5.04 Å². The second kappa shape index (κ2) is 6.22. The number of carbonyl (C=O) groups is 1. The summed E-state index contributed by atoms with van der Waals surface area (Å²) in [6.07, 6.45) is 0.918. The van der Waals surface area contributed by atoms with Crippen LogP contribution in [0.3, 0.4) is 0 Å². The van der Waals surface area contributed by atoms with E-state index in [1.165, 1.54) is 5.56 Å². The number of halogens is 2. The molecule has 0 aliphatic carbocycles. The highest BCUT2D eigenvalue weighted by atomic mass is 35.5. The van der Waals surface area contributed by atoms with Crippen LogP contribution in [0.4, 0.5) is 0 Å². The van der Waals surface area contributed by atoms with Crippen LogP contribution in [0.1, 0.15) is 21.5 Å². The minimum absolute atomic E-state index is 0.0796. The summed E-state index contributed by atoms with van der Waals surface area (Å²) in [7, 11) is 0. The number of aliphatic imine (C=N–C) groups is 1. The molecule has 5 heteroatoms. The molecular formula is C16H11Cl2NOS. The van der Waals surface area contributed by atoms with Crippen molar-refractivity contribution in [2.24, 2.45) is 4.99 Å². The number of fused-ring (bicyclic) bond motifs is 1. The van der Waals surface area contributed by atoms with Crippen molar-refractivity contribution in [1.29, 1.82) is 0 Å². The highest BCUT2D eigenvalue weighted by Gasteiger charge is 2.18. The highest BCUT2D eigenvalue weighted by Crippen LogP contribution is 2.28. The molecule has 0 bridgehead atoms. The zero-order chi connectivity index (χ0) is 14.8. The van der Waals surface area contributed by atoms with Crippen molar-refractivity contribution in [2.75, 3.05) is 6.54 Å². The van der Waals surface area contributed by atoms with Crippen molar-refractivity contribution in [3.05, 3.63) is 69.2 Å². The van der Waals surface area contributed by atoms with Crippen molar-refractivity contribution in [3.8, 4) is 0 Å². The zero-order valence-corrected chi connectivity index (χ0v) is 13.3. The molecule has 0 saturated heterocycles. The van der Waals surface area contributed by atoms with E-state index < -0.39 is 0 Å². The van der Waals surface area contributed by atoms with E-state index in [9.17, 15) is 4.79 Å². The Balaban J connectivity index is 1.85. The maximum atomic E-state index is 12.4. The first kappa shape index (κ1) is 14.6. The summed E-state index contributed by atoms with van der Waals surface area (Å²) in [6, 6.07) is 13.0. The number of hydrogen-bond acceptors (Lipinski definition) is 3. The van der Waals surface area contributed by atoms with Crippen LogP contribution in [-0.2, 0) is 6.42 Å². The van der Waals surface area contributed by atoms with Crippen LogP contribution in [0.15, 0.2) is 47.5 Å². The Morgan fingerprint density at radius 2 is 1.90 bits per heavy atom. The van der Waals surface area contributed by atoms with Gasteiger partial charge in [0, 0.05) is 17.7 Å². The first-order valence-corrected chi connectivity index (χ1v) is 8.02. The van der Waals surface area contributed by atoms with E-state index in [2.05, 4.69) is 11.1 Å². The average molecular weight is 336 g/mol. The van der Waals surface area contributed by atoms with E-state index in [1.54, 1.807) is 18.2 Å². The first-order chi connectivity index (χ1) is 10.1. The molecule has 0 N–H and O–H groups in total. The fourth-order valence-corrected chi connectivity index (χ4v) is 3.35. The maximum absolute atomic E-state index is 12.4. The third kappa shape index (κ3) is 3.15. The van der Waals surface area contributed by atoms with Gasteiger partial charge >= 0.3 is 0 Å². The standard InChI is InChI=1S/C16H11Cl2NOS/c17-13-6-5-11(9-14(13)18)16(20)21-15-12-4-2-1-3-10(12)7-8-19-15/h1-6,9H,7-8H2. The van der Waals surface area contributed by atoms with Crippen LogP contribution < -0.4 is 0 Å². The Kier molecular flexibility index (Phi) is 4.34. The molecule has 1 aliphatic heterocycles. The molecule has 3 rings (SSSR count). The maximum Gasteiger partial charge on any atom is 0.225 e. The van der Waals surface area contributed by atoms with Gasteiger partial charge in [0.2, 0.25) is 5.12 Å². The summed E-state index contributed by atoms with van der Waals surface area (Å²) >= 11 is 13.0. The number of carbonyl (C=O) groups excluding carboxylic acids is 1. The molecule has 0 unspecified atom stereocenters. The predicted molar refractivity (Wildman–Crippen MR) is 89.9 cm³/mol. The lowest BCUT2D eigenvalue weighted by molar-refractivity contribution is 0.109. The van der Waals surface area contributed by atoms with Gasteiger partial charge in [-0.25, -0.2) is 0 Å². The van der Waals surface area contributed by atoms with Crippen LogP contribution >= 0.6 is 35.0 Å². The van der Waals surface area contributed by atoms with Gasteiger partial charge in [0.15, 0.2) is 0 Å². The lowest BCUT2D eigenvalue weighted by Gasteiger charge is -2.15. The zero-order valence-electron chi connectivity index (χ0n) is 11.0. The number of thioether (sulfide) groups is 1. The number of benzene rings is 2. The summed E-state index contributed by atoms with van der Waals surface area (Å²) in [5.41, 5.74) is 2.80. The summed E-state index contributed by atoms with van der Waals surface area (Å²) in [5, 5.41) is 1.52.